The molecule has 0 amide bonds. The van der Waals surface area contributed by atoms with Crippen LogP contribution in [0.2, 0.25) is 0 Å². The van der Waals surface area contributed by atoms with Crippen LogP contribution in [-0.4, -0.2) is 26.6 Å². The smallest absolute Gasteiger partial charge is 0.175 e. The zero-order chi connectivity index (χ0) is 13.1. The lowest BCUT2D eigenvalue weighted by Crippen LogP contribution is -2.24. The second kappa shape index (κ2) is 5.74. The Labute approximate surface area is 108 Å². The summed E-state index contributed by atoms with van der Waals surface area (Å²) in [5, 5.41) is 3.29. The molecule has 0 saturated carbocycles. The van der Waals surface area contributed by atoms with Crippen LogP contribution in [0, 0.1) is 5.92 Å². The Balaban J connectivity index is 2.76. The van der Waals surface area contributed by atoms with Crippen LogP contribution in [0.5, 0.6) is 0 Å². The molecule has 0 bridgehead atoms. The molecule has 0 aliphatic rings. The number of rotatable bonds is 5. The third-order valence-corrected chi connectivity index (χ3v) is 4.39. The molecule has 0 fully saturated rings. The molecule has 2 unspecified atom stereocenters. The Morgan fingerprint density at radius 1 is 1.24 bits per heavy atom. The topological polar surface area (TPSA) is 46.2 Å². The highest BCUT2D eigenvalue weighted by Crippen LogP contribution is 2.17. The molecule has 0 aliphatic heterocycles. The van der Waals surface area contributed by atoms with Crippen LogP contribution in [-0.2, 0) is 9.84 Å². The molecule has 17 heavy (non-hydrogen) atoms. The van der Waals surface area contributed by atoms with Crippen molar-refractivity contribution in [3.63, 3.8) is 0 Å². The number of sulfone groups is 1. The summed E-state index contributed by atoms with van der Waals surface area (Å²) in [5.41, 5.74) is 0.905. The molecule has 3 nitrogen and oxygen atoms in total. The van der Waals surface area contributed by atoms with E-state index in [1.807, 2.05) is 0 Å². The first-order valence-corrected chi connectivity index (χ1v) is 7.90. The number of nitrogens with one attached hydrogen (secondary N) is 1. The average Bonchev–Trinajstić information content (AvgIpc) is 2.27. The van der Waals surface area contributed by atoms with E-state index in [-0.39, 0.29) is 6.04 Å². The van der Waals surface area contributed by atoms with Crippen LogP contribution in [0.1, 0.15) is 13.8 Å². The lowest BCUT2D eigenvalue weighted by Gasteiger charge is -2.20. The van der Waals surface area contributed by atoms with Gasteiger partial charge in [-0.05, 0) is 37.1 Å². The molecule has 1 rings (SSSR count). The van der Waals surface area contributed by atoms with Crippen LogP contribution in [0.3, 0.4) is 0 Å². The van der Waals surface area contributed by atoms with Crippen molar-refractivity contribution in [1.82, 2.24) is 0 Å². The molecular weight excluding hydrogens is 258 g/mol. The van der Waals surface area contributed by atoms with Gasteiger partial charge in [-0.2, -0.15) is 0 Å². The quantitative estimate of drug-likeness (QED) is 0.841. The molecule has 0 heterocycles. The van der Waals surface area contributed by atoms with E-state index in [4.69, 9.17) is 11.6 Å². The number of anilines is 1. The molecular formula is C12H18ClNO2S. The van der Waals surface area contributed by atoms with Gasteiger partial charge in [0.15, 0.2) is 9.84 Å². The molecule has 2 atom stereocenters. The SMILES string of the molecule is CC(CCl)C(C)Nc1ccc(S(C)(=O)=O)cc1. The van der Waals surface area contributed by atoms with Gasteiger partial charge < -0.3 is 5.32 Å². The van der Waals surface area contributed by atoms with Crippen LogP contribution in [0.25, 0.3) is 0 Å². The Kier molecular flexibility index (Phi) is 4.83. The summed E-state index contributed by atoms with van der Waals surface area (Å²) >= 11 is 5.78. The Morgan fingerprint density at radius 2 is 1.76 bits per heavy atom. The van der Waals surface area contributed by atoms with Crippen molar-refractivity contribution >= 4 is 27.1 Å². The molecule has 0 radical (unpaired) electrons. The van der Waals surface area contributed by atoms with Crippen LogP contribution in [0.15, 0.2) is 29.2 Å². The standard InChI is InChI=1S/C12H18ClNO2S/c1-9(8-13)10(2)14-11-4-6-12(7-5-11)17(3,15)16/h4-7,9-10,14H,8H2,1-3H3. The van der Waals surface area contributed by atoms with Crippen molar-refractivity contribution in [3.05, 3.63) is 24.3 Å². The van der Waals surface area contributed by atoms with E-state index in [1.54, 1.807) is 24.3 Å². The van der Waals surface area contributed by atoms with Gasteiger partial charge in [0.2, 0.25) is 0 Å². The number of benzene rings is 1. The minimum absolute atomic E-state index is 0.247. The molecule has 5 heteroatoms. The van der Waals surface area contributed by atoms with Crippen LogP contribution < -0.4 is 5.32 Å². The first-order chi connectivity index (χ1) is 7.84. The monoisotopic (exact) mass is 275 g/mol. The van der Waals surface area contributed by atoms with Gasteiger partial charge in [-0.15, -0.1) is 11.6 Å². The summed E-state index contributed by atoms with van der Waals surface area (Å²) in [7, 11) is -3.12. The second-order valence-electron chi connectivity index (χ2n) is 4.36. The molecule has 1 aromatic carbocycles. The molecule has 0 aliphatic carbocycles. The first kappa shape index (κ1) is 14.3. The summed E-state index contributed by atoms with van der Waals surface area (Å²) in [5.74, 6) is 0.946. The van der Waals surface area contributed by atoms with Crippen molar-refractivity contribution in [2.45, 2.75) is 24.8 Å². The van der Waals surface area contributed by atoms with E-state index >= 15 is 0 Å². The predicted octanol–water partition coefficient (Wildman–Crippen LogP) is 2.77. The van der Waals surface area contributed by atoms with E-state index < -0.39 is 9.84 Å². The highest BCUT2D eigenvalue weighted by molar-refractivity contribution is 7.90. The predicted molar refractivity (Wildman–Crippen MR) is 72.5 cm³/mol. The van der Waals surface area contributed by atoms with E-state index in [9.17, 15) is 8.42 Å². The van der Waals surface area contributed by atoms with Gasteiger partial charge in [0.1, 0.15) is 0 Å². The van der Waals surface area contributed by atoms with E-state index in [0.29, 0.717) is 16.7 Å². The van der Waals surface area contributed by atoms with Gasteiger partial charge in [0, 0.05) is 23.9 Å². The lowest BCUT2D eigenvalue weighted by atomic mass is 10.1. The maximum absolute atomic E-state index is 11.3. The molecule has 0 saturated heterocycles. The zero-order valence-corrected chi connectivity index (χ0v) is 11.8. The third-order valence-electron chi connectivity index (χ3n) is 2.77. The molecule has 96 valence electrons. The number of halogens is 1. The van der Waals surface area contributed by atoms with Gasteiger partial charge in [-0.1, -0.05) is 6.92 Å². The summed E-state index contributed by atoms with van der Waals surface area (Å²) < 4.78 is 22.6. The summed E-state index contributed by atoms with van der Waals surface area (Å²) in [6, 6.07) is 7.00. The lowest BCUT2D eigenvalue weighted by molar-refractivity contribution is 0.566. The Morgan fingerprint density at radius 3 is 2.18 bits per heavy atom. The zero-order valence-electron chi connectivity index (χ0n) is 10.3. The Hall–Kier alpha value is -0.740. The maximum atomic E-state index is 11.3. The van der Waals surface area contributed by atoms with Crippen molar-refractivity contribution in [2.75, 3.05) is 17.5 Å². The molecule has 0 aromatic heterocycles. The summed E-state index contributed by atoms with van der Waals surface area (Å²) in [6.07, 6.45) is 1.20. The van der Waals surface area contributed by atoms with Crippen molar-refractivity contribution in [1.29, 1.82) is 0 Å². The maximum Gasteiger partial charge on any atom is 0.175 e. The van der Waals surface area contributed by atoms with Gasteiger partial charge in [0.25, 0.3) is 0 Å². The number of hydrogen-bond donors (Lipinski definition) is 1. The van der Waals surface area contributed by atoms with E-state index in [0.717, 1.165) is 5.69 Å². The minimum atomic E-state index is -3.12. The fourth-order valence-corrected chi connectivity index (χ4v) is 2.23. The van der Waals surface area contributed by atoms with Crippen molar-refractivity contribution < 1.29 is 8.42 Å². The first-order valence-electron chi connectivity index (χ1n) is 5.47. The van der Waals surface area contributed by atoms with Gasteiger partial charge in [0.05, 0.1) is 4.90 Å². The van der Waals surface area contributed by atoms with Crippen LogP contribution in [0.4, 0.5) is 5.69 Å². The second-order valence-corrected chi connectivity index (χ2v) is 6.69. The fraction of sp³-hybridized carbons (Fsp3) is 0.500. The van der Waals surface area contributed by atoms with Crippen LogP contribution >= 0.6 is 11.6 Å². The number of alkyl halides is 1. The third kappa shape index (κ3) is 4.21. The molecule has 1 N–H and O–H groups in total. The molecule has 1 aromatic rings. The van der Waals surface area contributed by atoms with Gasteiger partial charge in [-0.3, -0.25) is 0 Å². The highest BCUT2D eigenvalue weighted by atomic mass is 35.5. The highest BCUT2D eigenvalue weighted by Gasteiger charge is 2.11. The average molecular weight is 276 g/mol. The Bertz CT molecular complexity index is 456. The fourth-order valence-electron chi connectivity index (χ4n) is 1.34. The number of hydrogen-bond acceptors (Lipinski definition) is 3. The van der Waals surface area contributed by atoms with Gasteiger partial charge >= 0.3 is 0 Å². The van der Waals surface area contributed by atoms with E-state index in [1.165, 1.54) is 6.26 Å². The van der Waals surface area contributed by atoms with Crippen molar-refractivity contribution in [2.24, 2.45) is 5.92 Å². The minimum Gasteiger partial charge on any atom is -0.382 e. The normalized spacial score (nSPS) is 15.3. The summed E-state index contributed by atoms with van der Waals surface area (Å²) in [6.45, 7) is 4.12. The largest absolute Gasteiger partial charge is 0.382 e. The molecule has 0 spiro atoms. The summed E-state index contributed by atoms with van der Waals surface area (Å²) in [4.78, 5) is 0.334. The van der Waals surface area contributed by atoms with Crippen molar-refractivity contribution in [3.8, 4) is 0 Å². The van der Waals surface area contributed by atoms with E-state index in [2.05, 4.69) is 19.2 Å². The van der Waals surface area contributed by atoms with Gasteiger partial charge in [-0.25, -0.2) is 8.42 Å².